The number of likely N-dealkylation sites (N-methyl/N-ethyl adjacent to an activating group) is 1. The lowest BCUT2D eigenvalue weighted by Crippen LogP contribution is -2.38. The summed E-state index contributed by atoms with van der Waals surface area (Å²) >= 11 is 0. The summed E-state index contributed by atoms with van der Waals surface area (Å²) in [6, 6.07) is 6.14. The Labute approximate surface area is 136 Å². The Morgan fingerprint density at radius 3 is 2.52 bits per heavy atom. The molecule has 0 atom stereocenters. The molecule has 0 saturated carbocycles. The molecule has 0 aliphatic rings. The molecule has 0 radical (unpaired) electrons. The van der Waals surface area contributed by atoms with E-state index in [0.717, 1.165) is 0 Å². The lowest BCUT2D eigenvalue weighted by molar-refractivity contribution is -0.131. The maximum absolute atomic E-state index is 13.4. The Morgan fingerprint density at radius 1 is 1.26 bits per heavy atom. The molecular formula is C17H25FN2O3. The standard InChI is InChI=1S/C17H25FN2O3/c1-17(2,3)16(22)19-10-9-15(21)20(4)11-12-23-14-8-6-5-7-13(14)18/h5-8H,9-12H2,1-4H3,(H,19,22). The van der Waals surface area contributed by atoms with E-state index in [-0.39, 0.29) is 30.6 Å². The molecule has 0 heterocycles. The van der Waals surface area contributed by atoms with E-state index in [2.05, 4.69) is 5.32 Å². The number of carbonyl (C=O) groups excluding carboxylic acids is 2. The first-order chi connectivity index (χ1) is 10.7. The van der Waals surface area contributed by atoms with Gasteiger partial charge in [0.05, 0.1) is 6.54 Å². The lowest BCUT2D eigenvalue weighted by atomic mass is 9.96. The summed E-state index contributed by atoms with van der Waals surface area (Å²) in [4.78, 5) is 25.1. The van der Waals surface area contributed by atoms with Crippen molar-refractivity contribution in [2.45, 2.75) is 27.2 Å². The van der Waals surface area contributed by atoms with Crippen LogP contribution in [-0.4, -0.2) is 43.5 Å². The second kappa shape index (κ2) is 8.50. The predicted octanol–water partition coefficient (Wildman–Crippen LogP) is 2.22. The Morgan fingerprint density at radius 2 is 1.91 bits per heavy atom. The van der Waals surface area contributed by atoms with Gasteiger partial charge in [0.1, 0.15) is 6.61 Å². The highest BCUT2D eigenvalue weighted by Crippen LogP contribution is 2.15. The Kier molecular flexibility index (Phi) is 7.00. The van der Waals surface area contributed by atoms with E-state index in [9.17, 15) is 14.0 Å². The van der Waals surface area contributed by atoms with Crippen LogP contribution in [0.15, 0.2) is 24.3 Å². The highest BCUT2D eigenvalue weighted by Gasteiger charge is 2.20. The van der Waals surface area contributed by atoms with Crippen LogP contribution in [0.2, 0.25) is 0 Å². The van der Waals surface area contributed by atoms with E-state index in [1.54, 1.807) is 25.2 Å². The molecule has 2 amide bonds. The number of carbonyl (C=O) groups is 2. The van der Waals surface area contributed by atoms with Gasteiger partial charge in [-0.3, -0.25) is 9.59 Å². The van der Waals surface area contributed by atoms with Gasteiger partial charge in [0.25, 0.3) is 0 Å². The molecule has 1 rings (SSSR count). The Balaban J connectivity index is 2.27. The summed E-state index contributed by atoms with van der Waals surface area (Å²) in [6.45, 7) is 6.30. The summed E-state index contributed by atoms with van der Waals surface area (Å²) in [5, 5.41) is 2.73. The van der Waals surface area contributed by atoms with Crippen LogP contribution < -0.4 is 10.1 Å². The van der Waals surface area contributed by atoms with Gasteiger partial charge in [-0.1, -0.05) is 32.9 Å². The molecule has 0 aromatic heterocycles. The molecule has 1 N–H and O–H groups in total. The largest absolute Gasteiger partial charge is 0.489 e. The molecule has 0 unspecified atom stereocenters. The molecule has 0 aliphatic heterocycles. The summed E-state index contributed by atoms with van der Waals surface area (Å²) < 4.78 is 18.7. The molecule has 6 heteroatoms. The maximum Gasteiger partial charge on any atom is 0.225 e. The number of para-hydroxylation sites is 1. The molecule has 23 heavy (non-hydrogen) atoms. The summed E-state index contributed by atoms with van der Waals surface area (Å²) in [6.07, 6.45) is 0.220. The van der Waals surface area contributed by atoms with Gasteiger partial charge in [-0.25, -0.2) is 4.39 Å². The van der Waals surface area contributed by atoms with E-state index in [0.29, 0.717) is 13.1 Å². The highest BCUT2D eigenvalue weighted by molar-refractivity contribution is 5.82. The maximum atomic E-state index is 13.4. The van der Waals surface area contributed by atoms with Crippen molar-refractivity contribution in [2.24, 2.45) is 5.41 Å². The van der Waals surface area contributed by atoms with Gasteiger partial charge in [-0.2, -0.15) is 0 Å². The van der Waals surface area contributed by atoms with E-state index in [1.807, 2.05) is 20.8 Å². The molecule has 128 valence electrons. The molecule has 5 nitrogen and oxygen atoms in total. The molecular weight excluding hydrogens is 299 g/mol. The first-order valence-corrected chi connectivity index (χ1v) is 7.61. The van der Waals surface area contributed by atoms with Crippen molar-refractivity contribution in [1.82, 2.24) is 10.2 Å². The monoisotopic (exact) mass is 324 g/mol. The zero-order chi connectivity index (χ0) is 17.5. The van der Waals surface area contributed by atoms with Crippen LogP contribution in [0.1, 0.15) is 27.2 Å². The highest BCUT2D eigenvalue weighted by atomic mass is 19.1. The number of nitrogens with zero attached hydrogens (tertiary/aromatic N) is 1. The number of nitrogens with one attached hydrogen (secondary N) is 1. The van der Waals surface area contributed by atoms with Crippen molar-refractivity contribution < 1.29 is 18.7 Å². The number of rotatable bonds is 7. The SMILES string of the molecule is CN(CCOc1ccccc1F)C(=O)CCNC(=O)C(C)(C)C. The second-order valence-electron chi connectivity index (χ2n) is 6.35. The van der Waals surface area contributed by atoms with Crippen molar-refractivity contribution in [3.8, 4) is 5.75 Å². The van der Waals surface area contributed by atoms with Crippen LogP contribution in [-0.2, 0) is 9.59 Å². The van der Waals surface area contributed by atoms with Crippen molar-refractivity contribution in [2.75, 3.05) is 26.7 Å². The fraction of sp³-hybridized carbons (Fsp3) is 0.529. The summed E-state index contributed by atoms with van der Waals surface area (Å²) in [5.74, 6) is -0.440. The third-order valence-electron chi connectivity index (χ3n) is 3.25. The van der Waals surface area contributed by atoms with Gasteiger partial charge < -0.3 is 15.0 Å². The predicted molar refractivity (Wildman–Crippen MR) is 86.6 cm³/mol. The first-order valence-electron chi connectivity index (χ1n) is 7.61. The topological polar surface area (TPSA) is 58.6 Å². The minimum absolute atomic E-state index is 0.0872. The van der Waals surface area contributed by atoms with Crippen molar-refractivity contribution >= 4 is 11.8 Å². The normalized spacial score (nSPS) is 11.0. The van der Waals surface area contributed by atoms with E-state index in [1.165, 1.54) is 11.0 Å². The fourth-order valence-corrected chi connectivity index (χ4v) is 1.72. The van der Waals surface area contributed by atoms with Gasteiger partial charge in [-0.05, 0) is 12.1 Å². The zero-order valence-electron chi connectivity index (χ0n) is 14.2. The van der Waals surface area contributed by atoms with Gasteiger partial charge in [0.15, 0.2) is 11.6 Å². The van der Waals surface area contributed by atoms with E-state index >= 15 is 0 Å². The number of amides is 2. The number of ether oxygens (including phenoxy) is 1. The molecule has 0 bridgehead atoms. The molecule has 1 aromatic carbocycles. The second-order valence-corrected chi connectivity index (χ2v) is 6.35. The van der Waals surface area contributed by atoms with Crippen molar-refractivity contribution in [1.29, 1.82) is 0 Å². The van der Waals surface area contributed by atoms with Gasteiger partial charge in [-0.15, -0.1) is 0 Å². The number of benzene rings is 1. The number of hydrogen-bond acceptors (Lipinski definition) is 3. The molecule has 1 aromatic rings. The van der Waals surface area contributed by atoms with Crippen LogP contribution in [0, 0.1) is 11.2 Å². The molecule has 0 spiro atoms. The quantitative estimate of drug-likeness (QED) is 0.836. The Hall–Kier alpha value is -2.11. The van der Waals surface area contributed by atoms with Crippen LogP contribution >= 0.6 is 0 Å². The first kappa shape index (κ1) is 18.9. The van der Waals surface area contributed by atoms with Gasteiger partial charge >= 0.3 is 0 Å². The summed E-state index contributed by atoms with van der Waals surface area (Å²) in [5.41, 5.74) is -0.470. The minimum Gasteiger partial charge on any atom is -0.489 e. The average Bonchev–Trinajstić information content (AvgIpc) is 2.47. The fourth-order valence-electron chi connectivity index (χ4n) is 1.72. The van der Waals surface area contributed by atoms with Gasteiger partial charge in [0, 0.05) is 25.4 Å². The average molecular weight is 324 g/mol. The molecule has 0 fully saturated rings. The zero-order valence-corrected chi connectivity index (χ0v) is 14.2. The third kappa shape index (κ3) is 6.67. The number of hydrogen-bond donors (Lipinski definition) is 1. The van der Waals surface area contributed by atoms with E-state index in [4.69, 9.17) is 4.74 Å². The van der Waals surface area contributed by atoms with E-state index < -0.39 is 11.2 Å². The Bertz CT molecular complexity index is 541. The van der Waals surface area contributed by atoms with Gasteiger partial charge in [0.2, 0.25) is 11.8 Å². The van der Waals surface area contributed by atoms with Crippen molar-refractivity contribution in [3.05, 3.63) is 30.1 Å². The smallest absolute Gasteiger partial charge is 0.225 e. The van der Waals surface area contributed by atoms with Crippen LogP contribution in [0.25, 0.3) is 0 Å². The summed E-state index contributed by atoms with van der Waals surface area (Å²) in [7, 11) is 1.65. The van der Waals surface area contributed by atoms with Crippen LogP contribution in [0.5, 0.6) is 5.75 Å². The number of halogens is 1. The van der Waals surface area contributed by atoms with Crippen LogP contribution in [0.4, 0.5) is 4.39 Å². The lowest BCUT2D eigenvalue weighted by Gasteiger charge is -2.20. The molecule has 0 aliphatic carbocycles. The van der Waals surface area contributed by atoms with Crippen molar-refractivity contribution in [3.63, 3.8) is 0 Å². The molecule has 0 saturated heterocycles. The third-order valence-corrected chi connectivity index (χ3v) is 3.25. The minimum atomic E-state index is -0.470. The van der Waals surface area contributed by atoms with Crippen LogP contribution in [0.3, 0.4) is 0 Å².